The number of aromatic nitrogens is 2. The van der Waals surface area contributed by atoms with Crippen LogP contribution in [0.25, 0.3) is 0 Å². The second-order valence-corrected chi connectivity index (χ2v) is 6.24. The molecule has 0 unspecified atom stereocenters. The molecule has 0 bridgehead atoms. The van der Waals surface area contributed by atoms with E-state index in [-0.39, 0.29) is 28.3 Å². The van der Waals surface area contributed by atoms with E-state index in [0.717, 1.165) is 0 Å². The molecule has 0 aliphatic carbocycles. The van der Waals surface area contributed by atoms with Gasteiger partial charge in [-0.15, -0.1) is 0 Å². The van der Waals surface area contributed by atoms with Crippen LogP contribution in [0.1, 0.15) is 0 Å². The summed E-state index contributed by atoms with van der Waals surface area (Å²) in [4.78, 5) is 17.3. The number of imidazole rings is 1. The van der Waals surface area contributed by atoms with Gasteiger partial charge < -0.3 is 15.0 Å². The van der Waals surface area contributed by atoms with Crippen LogP contribution in [0.2, 0.25) is 5.02 Å². The molecule has 0 saturated heterocycles. The molecule has 0 atom stereocenters. The highest BCUT2D eigenvalue weighted by molar-refractivity contribution is 7.92. The van der Waals surface area contributed by atoms with E-state index in [1.165, 1.54) is 24.7 Å². The number of anilines is 2. The van der Waals surface area contributed by atoms with Gasteiger partial charge in [-0.05, 0) is 6.07 Å². The Kier molecular flexibility index (Phi) is 3.22. The number of hydrogen-bond donors (Lipinski definition) is 3. The van der Waals surface area contributed by atoms with Crippen molar-refractivity contribution in [2.24, 2.45) is 0 Å². The van der Waals surface area contributed by atoms with E-state index in [1.54, 1.807) is 0 Å². The Balaban J connectivity index is 1.95. The number of ether oxygens (including phenoxy) is 1. The summed E-state index contributed by atoms with van der Waals surface area (Å²) in [5.41, 5.74) is 0.530. The molecule has 8 nitrogen and oxygen atoms in total. The van der Waals surface area contributed by atoms with Crippen molar-refractivity contribution in [1.29, 1.82) is 0 Å². The number of H-pyrrole nitrogens is 1. The first-order valence-corrected chi connectivity index (χ1v) is 7.59. The molecule has 21 heavy (non-hydrogen) atoms. The van der Waals surface area contributed by atoms with Crippen LogP contribution in [0.3, 0.4) is 0 Å². The Morgan fingerprint density at radius 1 is 1.38 bits per heavy atom. The smallest absolute Gasteiger partial charge is 0.279 e. The van der Waals surface area contributed by atoms with Crippen molar-refractivity contribution in [3.63, 3.8) is 0 Å². The summed E-state index contributed by atoms with van der Waals surface area (Å²) in [6, 6.07) is 2.82. The zero-order valence-electron chi connectivity index (χ0n) is 10.4. The Hall–Kier alpha value is -2.26. The monoisotopic (exact) mass is 328 g/mol. The van der Waals surface area contributed by atoms with Crippen LogP contribution < -0.4 is 14.8 Å². The molecule has 0 radical (unpaired) electrons. The maximum atomic E-state index is 12.1. The number of nitrogens with zero attached hydrogens (tertiary/aromatic N) is 1. The Morgan fingerprint density at radius 2 is 2.19 bits per heavy atom. The lowest BCUT2D eigenvalue weighted by molar-refractivity contribution is -0.118. The van der Waals surface area contributed by atoms with Crippen LogP contribution in [0.5, 0.6) is 5.75 Å². The predicted octanol–water partition coefficient (Wildman–Crippen LogP) is 1.19. The van der Waals surface area contributed by atoms with Gasteiger partial charge in [-0.25, -0.2) is 4.98 Å². The average molecular weight is 329 g/mol. The van der Waals surface area contributed by atoms with Crippen molar-refractivity contribution in [2.75, 3.05) is 16.6 Å². The van der Waals surface area contributed by atoms with Gasteiger partial charge in [-0.1, -0.05) is 11.6 Å². The van der Waals surface area contributed by atoms with Crippen molar-refractivity contribution in [2.45, 2.75) is 5.03 Å². The molecule has 2 aromatic rings. The van der Waals surface area contributed by atoms with E-state index >= 15 is 0 Å². The predicted molar refractivity (Wildman–Crippen MR) is 75.0 cm³/mol. The maximum Gasteiger partial charge on any atom is 0.279 e. The minimum Gasteiger partial charge on any atom is -0.482 e. The molecule has 0 saturated carbocycles. The van der Waals surface area contributed by atoms with Gasteiger partial charge in [0, 0.05) is 6.07 Å². The molecule has 1 aliphatic heterocycles. The van der Waals surface area contributed by atoms with Gasteiger partial charge in [-0.3, -0.25) is 9.52 Å². The molecular weight excluding hydrogens is 320 g/mol. The number of rotatable bonds is 3. The van der Waals surface area contributed by atoms with Crippen LogP contribution in [0.4, 0.5) is 11.4 Å². The number of carbonyl (C=O) groups excluding carboxylic acids is 1. The first-order valence-electron chi connectivity index (χ1n) is 5.73. The van der Waals surface area contributed by atoms with E-state index in [1.807, 2.05) is 0 Å². The fourth-order valence-corrected chi connectivity index (χ4v) is 3.01. The van der Waals surface area contributed by atoms with Gasteiger partial charge in [0.1, 0.15) is 5.75 Å². The van der Waals surface area contributed by atoms with Gasteiger partial charge in [-0.2, -0.15) is 8.42 Å². The SMILES string of the molecule is O=C1COc2cc(NS(=O)(=O)c3cnc[nH]3)c(Cl)cc2N1. The Labute approximate surface area is 124 Å². The topological polar surface area (TPSA) is 113 Å². The first kappa shape index (κ1) is 13.7. The standard InChI is InChI=1S/C11H9ClN4O4S/c12-6-1-8-9(20-4-10(17)15-8)2-7(6)16-21(18,19)11-3-13-5-14-11/h1-3,5,16H,4H2,(H,13,14)(H,15,17). The first-order chi connectivity index (χ1) is 9.95. The zero-order valence-corrected chi connectivity index (χ0v) is 12.0. The lowest BCUT2D eigenvalue weighted by Crippen LogP contribution is -2.25. The summed E-state index contributed by atoms with van der Waals surface area (Å²) in [5.74, 6) is 0.0330. The van der Waals surface area contributed by atoms with Crippen molar-refractivity contribution in [1.82, 2.24) is 9.97 Å². The largest absolute Gasteiger partial charge is 0.482 e. The highest BCUT2D eigenvalue weighted by Crippen LogP contribution is 2.37. The summed E-state index contributed by atoms with van der Waals surface area (Å²) in [6.45, 7) is -0.138. The zero-order chi connectivity index (χ0) is 15.0. The van der Waals surface area contributed by atoms with Gasteiger partial charge >= 0.3 is 0 Å². The molecule has 1 aromatic carbocycles. The Bertz CT molecular complexity index is 804. The minimum atomic E-state index is -3.83. The van der Waals surface area contributed by atoms with Crippen molar-refractivity contribution in [3.8, 4) is 5.75 Å². The van der Waals surface area contributed by atoms with Crippen LogP contribution in [-0.4, -0.2) is 30.9 Å². The van der Waals surface area contributed by atoms with Gasteiger partial charge in [0.05, 0.1) is 28.9 Å². The maximum absolute atomic E-state index is 12.1. The van der Waals surface area contributed by atoms with Gasteiger partial charge in [0.15, 0.2) is 11.6 Å². The third-order valence-corrected chi connectivity index (χ3v) is 4.31. The summed E-state index contributed by atoms with van der Waals surface area (Å²) in [6.07, 6.45) is 2.42. The number of fused-ring (bicyclic) bond motifs is 1. The van der Waals surface area contributed by atoms with E-state index in [4.69, 9.17) is 16.3 Å². The molecule has 110 valence electrons. The Morgan fingerprint density at radius 3 is 2.90 bits per heavy atom. The van der Waals surface area contributed by atoms with E-state index in [9.17, 15) is 13.2 Å². The van der Waals surface area contributed by atoms with Crippen LogP contribution in [-0.2, 0) is 14.8 Å². The number of halogens is 1. The minimum absolute atomic E-state index is 0.0921. The average Bonchev–Trinajstić information content (AvgIpc) is 2.94. The number of amides is 1. The van der Waals surface area contributed by atoms with Crippen molar-refractivity contribution >= 4 is 38.9 Å². The number of carbonyl (C=O) groups is 1. The van der Waals surface area contributed by atoms with Crippen LogP contribution in [0.15, 0.2) is 29.7 Å². The summed E-state index contributed by atoms with van der Waals surface area (Å²) in [7, 11) is -3.83. The third-order valence-electron chi connectivity index (χ3n) is 2.71. The number of aromatic amines is 1. The lowest BCUT2D eigenvalue weighted by atomic mass is 10.2. The molecule has 10 heteroatoms. The van der Waals surface area contributed by atoms with Gasteiger partial charge in [0.25, 0.3) is 15.9 Å². The van der Waals surface area contributed by atoms with Gasteiger partial charge in [0.2, 0.25) is 0 Å². The lowest BCUT2D eigenvalue weighted by Gasteiger charge is -2.19. The van der Waals surface area contributed by atoms with Crippen molar-refractivity contribution < 1.29 is 17.9 Å². The van der Waals surface area contributed by atoms with E-state index < -0.39 is 10.0 Å². The number of benzene rings is 1. The summed E-state index contributed by atoms with van der Waals surface area (Å²) in [5, 5.41) is 2.61. The van der Waals surface area contributed by atoms with Crippen LogP contribution in [0, 0.1) is 0 Å². The number of sulfonamides is 1. The second kappa shape index (κ2) is 4.93. The molecule has 3 rings (SSSR count). The highest BCUT2D eigenvalue weighted by Gasteiger charge is 2.22. The van der Waals surface area contributed by atoms with E-state index in [2.05, 4.69) is 20.0 Å². The number of nitrogens with one attached hydrogen (secondary N) is 3. The third kappa shape index (κ3) is 2.65. The molecular formula is C11H9ClN4O4S. The molecule has 0 fully saturated rings. The summed E-state index contributed by atoms with van der Waals surface area (Å²) >= 11 is 6.02. The quantitative estimate of drug-likeness (QED) is 0.783. The highest BCUT2D eigenvalue weighted by atomic mass is 35.5. The molecule has 3 N–H and O–H groups in total. The molecule has 2 heterocycles. The fraction of sp³-hybridized carbons (Fsp3) is 0.0909. The molecule has 0 spiro atoms. The molecule has 1 aromatic heterocycles. The molecule has 1 amide bonds. The normalized spacial score (nSPS) is 14.0. The molecule has 1 aliphatic rings. The number of hydrogen-bond acceptors (Lipinski definition) is 5. The fourth-order valence-electron chi connectivity index (χ4n) is 1.77. The van der Waals surface area contributed by atoms with Crippen LogP contribution >= 0.6 is 11.6 Å². The van der Waals surface area contributed by atoms with Crippen molar-refractivity contribution in [3.05, 3.63) is 29.7 Å². The summed E-state index contributed by atoms with van der Waals surface area (Å²) < 4.78 is 31.7. The van der Waals surface area contributed by atoms with E-state index in [0.29, 0.717) is 11.4 Å². The second-order valence-electron chi connectivity index (χ2n) is 4.19.